The van der Waals surface area contributed by atoms with Crippen molar-refractivity contribution >= 4 is 52.9 Å². The van der Waals surface area contributed by atoms with Gasteiger partial charge in [-0.1, -0.05) is 37.6 Å². The molecule has 132 valence electrons. The second kappa shape index (κ2) is 10.2. The van der Waals surface area contributed by atoms with E-state index in [2.05, 4.69) is 52.0 Å². The van der Waals surface area contributed by atoms with Gasteiger partial charge in [-0.15, -0.1) is 35.3 Å². The van der Waals surface area contributed by atoms with Crippen molar-refractivity contribution in [1.82, 2.24) is 15.6 Å². The maximum absolute atomic E-state index is 5.79. The summed E-state index contributed by atoms with van der Waals surface area (Å²) in [6, 6.07) is 8.08. The Balaban J connectivity index is 0.00000288. The van der Waals surface area contributed by atoms with Gasteiger partial charge in [0.25, 0.3) is 0 Å². The lowest BCUT2D eigenvalue weighted by Gasteiger charge is -2.25. The fourth-order valence-corrected chi connectivity index (χ4v) is 3.12. The number of nitrogens with one attached hydrogen (secondary N) is 2. The SMILES string of the molecule is CN=C(NCCc1ccc(Cl)nc1)NCC(C)(C)c1cccs1.I. The molecule has 0 saturated heterocycles. The topological polar surface area (TPSA) is 49.3 Å². The Morgan fingerprint density at radius 3 is 2.67 bits per heavy atom. The van der Waals surface area contributed by atoms with Gasteiger partial charge < -0.3 is 10.6 Å². The molecule has 0 spiro atoms. The predicted octanol–water partition coefficient (Wildman–Crippen LogP) is 4.10. The summed E-state index contributed by atoms with van der Waals surface area (Å²) < 4.78 is 0. The molecule has 0 aliphatic heterocycles. The number of hydrogen-bond acceptors (Lipinski definition) is 3. The Bertz CT molecular complexity index is 627. The normalized spacial score (nSPS) is 11.8. The van der Waals surface area contributed by atoms with Crippen molar-refractivity contribution in [3.63, 3.8) is 0 Å². The first-order valence-corrected chi connectivity index (χ1v) is 8.86. The van der Waals surface area contributed by atoms with Gasteiger partial charge in [0.1, 0.15) is 5.15 Å². The lowest BCUT2D eigenvalue weighted by Crippen LogP contribution is -2.43. The molecule has 0 radical (unpaired) electrons. The summed E-state index contributed by atoms with van der Waals surface area (Å²) in [5.41, 5.74) is 1.22. The van der Waals surface area contributed by atoms with Gasteiger partial charge in [-0.3, -0.25) is 4.99 Å². The van der Waals surface area contributed by atoms with Gasteiger partial charge in [0.05, 0.1) is 0 Å². The second-order valence-corrected chi connectivity index (χ2v) is 7.29. The molecular formula is C17H24ClIN4S. The summed E-state index contributed by atoms with van der Waals surface area (Å²) in [6.45, 7) is 6.09. The highest BCUT2D eigenvalue weighted by atomic mass is 127. The van der Waals surface area contributed by atoms with Crippen LogP contribution in [0.15, 0.2) is 40.8 Å². The van der Waals surface area contributed by atoms with E-state index in [4.69, 9.17) is 11.6 Å². The number of aliphatic imine (C=N–C) groups is 1. The van der Waals surface area contributed by atoms with E-state index in [1.807, 2.05) is 12.1 Å². The Hall–Kier alpha value is -0.860. The van der Waals surface area contributed by atoms with E-state index in [-0.39, 0.29) is 29.4 Å². The number of guanidine groups is 1. The van der Waals surface area contributed by atoms with Gasteiger partial charge in [-0.25, -0.2) is 4.98 Å². The lowest BCUT2D eigenvalue weighted by atomic mass is 9.91. The molecule has 7 heteroatoms. The van der Waals surface area contributed by atoms with Crippen LogP contribution < -0.4 is 10.6 Å². The Morgan fingerprint density at radius 1 is 1.29 bits per heavy atom. The lowest BCUT2D eigenvalue weighted by molar-refractivity contribution is 0.518. The van der Waals surface area contributed by atoms with E-state index in [0.717, 1.165) is 31.0 Å². The fourth-order valence-electron chi connectivity index (χ4n) is 2.16. The zero-order valence-corrected chi connectivity index (χ0v) is 18.1. The second-order valence-electron chi connectivity index (χ2n) is 5.95. The minimum absolute atomic E-state index is 0. The van der Waals surface area contributed by atoms with E-state index in [1.54, 1.807) is 24.6 Å². The van der Waals surface area contributed by atoms with Crippen LogP contribution in [0.1, 0.15) is 24.3 Å². The highest BCUT2D eigenvalue weighted by Crippen LogP contribution is 2.26. The number of rotatable bonds is 6. The van der Waals surface area contributed by atoms with Crippen LogP contribution in [-0.2, 0) is 11.8 Å². The zero-order chi connectivity index (χ0) is 16.7. The van der Waals surface area contributed by atoms with Gasteiger partial charge >= 0.3 is 0 Å². The molecule has 0 fully saturated rings. The minimum Gasteiger partial charge on any atom is -0.356 e. The average Bonchev–Trinajstić information content (AvgIpc) is 3.08. The van der Waals surface area contributed by atoms with Crippen LogP contribution in [0.3, 0.4) is 0 Å². The summed E-state index contributed by atoms with van der Waals surface area (Å²) in [5.74, 6) is 0.816. The summed E-state index contributed by atoms with van der Waals surface area (Å²) in [4.78, 5) is 9.73. The summed E-state index contributed by atoms with van der Waals surface area (Å²) in [5, 5.41) is 9.37. The largest absolute Gasteiger partial charge is 0.356 e. The molecular weight excluding hydrogens is 455 g/mol. The quantitative estimate of drug-likeness (QED) is 0.284. The van der Waals surface area contributed by atoms with Crippen LogP contribution in [0.25, 0.3) is 0 Å². The highest BCUT2D eigenvalue weighted by molar-refractivity contribution is 14.0. The van der Waals surface area contributed by atoms with Crippen LogP contribution in [0.2, 0.25) is 5.15 Å². The van der Waals surface area contributed by atoms with Crippen molar-refractivity contribution < 1.29 is 0 Å². The van der Waals surface area contributed by atoms with E-state index < -0.39 is 0 Å². The fraction of sp³-hybridized carbons (Fsp3) is 0.412. The Morgan fingerprint density at radius 2 is 2.08 bits per heavy atom. The summed E-state index contributed by atoms with van der Waals surface area (Å²) in [6.07, 6.45) is 2.68. The van der Waals surface area contributed by atoms with Crippen molar-refractivity contribution in [2.45, 2.75) is 25.7 Å². The molecule has 2 rings (SSSR count). The Kier molecular flexibility index (Phi) is 9.01. The third-order valence-corrected chi connectivity index (χ3v) is 5.06. The van der Waals surface area contributed by atoms with Gasteiger partial charge in [-0.2, -0.15) is 0 Å². The van der Waals surface area contributed by atoms with E-state index in [1.165, 1.54) is 4.88 Å². The van der Waals surface area contributed by atoms with E-state index in [9.17, 15) is 0 Å². The molecule has 24 heavy (non-hydrogen) atoms. The van der Waals surface area contributed by atoms with Crippen molar-refractivity contribution in [1.29, 1.82) is 0 Å². The van der Waals surface area contributed by atoms with E-state index in [0.29, 0.717) is 5.15 Å². The number of halogens is 2. The molecule has 0 saturated carbocycles. The third kappa shape index (κ3) is 6.57. The maximum atomic E-state index is 5.79. The van der Waals surface area contributed by atoms with Gasteiger partial charge in [0.15, 0.2) is 5.96 Å². The number of aromatic nitrogens is 1. The molecule has 0 aliphatic rings. The van der Waals surface area contributed by atoms with Crippen molar-refractivity contribution in [2.75, 3.05) is 20.1 Å². The zero-order valence-electron chi connectivity index (χ0n) is 14.2. The van der Waals surface area contributed by atoms with Crippen LogP contribution >= 0.6 is 46.9 Å². The van der Waals surface area contributed by atoms with Crippen molar-refractivity contribution in [3.8, 4) is 0 Å². The number of thiophene rings is 1. The molecule has 0 aliphatic carbocycles. The number of nitrogens with zero attached hydrogens (tertiary/aromatic N) is 2. The molecule has 2 aromatic rings. The van der Waals surface area contributed by atoms with Crippen molar-refractivity contribution in [2.24, 2.45) is 4.99 Å². The predicted molar refractivity (Wildman–Crippen MR) is 115 cm³/mol. The number of hydrogen-bond donors (Lipinski definition) is 2. The Labute approximate surface area is 170 Å². The first-order chi connectivity index (χ1) is 11.0. The molecule has 0 bridgehead atoms. The van der Waals surface area contributed by atoms with Gasteiger partial charge in [0, 0.05) is 36.6 Å². The first kappa shape index (κ1) is 21.2. The van der Waals surface area contributed by atoms with E-state index >= 15 is 0 Å². The first-order valence-electron chi connectivity index (χ1n) is 7.60. The molecule has 0 amide bonds. The highest BCUT2D eigenvalue weighted by Gasteiger charge is 2.21. The molecule has 4 nitrogen and oxygen atoms in total. The van der Waals surface area contributed by atoms with Crippen LogP contribution in [0, 0.1) is 0 Å². The number of pyridine rings is 1. The standard InChI is InChI=1S/C17H23ClN4S.HI/c1-17(2,14-5-4-10-23-14)12-22-16(19-3)20-9-8-13-6-7-15(18)21-11-13;/h4-7,10-11H,8-9,12H2,1-3H3,(H2,19,20,22);1H. The average molecular weight is 479 g/mol. The third-order valence-electron chi connectivity index (χ3n) is 3.60. The molecule has 0 atom stereocenters. The molecule has 2 heterocycles. The van der Waals surface area contributed by atoms with Crippen LogP contribution in [-0.4, -0.2) is 31.1 Å². The van der Waals surface area contributed by atoms with Gasteiger partial charge in [0.2, 0.25) is 0 Å². The molecule has 2 N–H and O–H groups in total. The van der Waals surface area contributed by atoms with Gasteiger partial charge in [-0.05, 0) is 29.5 Å². The minimum atomic E-state index is 0. The van der Waals surface area contributed by atoms with Crippen molar-refractivity contribution in [3.05, 3.63) is 51.4 Å². The monoisotopic (exact) mass is 478 g/mol. The molecule has 0 aromatic carbocycles. The smallest absolute Gasteiger partial charge is 0.191 e. The maximum Gasteiger partial charge on any atom is 0.191 e. The van der Waals surface area contributed by atoms with Crippen LogP contribution in [0.5, 0.6) is 0 Å². The summed E-state index contributed by atoms with van der Waals surface area (Å²) in [7, 11) is 1.79. The molecule has 0 unspecified atom stereocenters. The summed E-state index contributed by atoms with van der Waals surface area (Å²) >= 11 is 7.58. The van der Waals surface area contributed by atoms with Crippen LogP contribution in [0.4, 0.5) is 0 Å². The molecule has 2 aromatic heterocycles.